The maximum absolute atomic E-state index is 11.9. The van der Waals surface area contributed by atoms with Crippen molar-refractivity contribution in [3.05, 3.63) is 57.2 Å². The third kappa shape index (κ3) is 3.34. The van der Waals surface area contributed by atoms with Gasteiger partial charge in [0.1, 0.15) is 0 Å². The number of anilines is 1. The average Bonchev–Trinajstić information content (AvgIpc) is 3.08. The van der Waals surface area contributed by atoms with Crippen molar-refractivity contribution in [2.45, 2.75) is 0 Å². The molecule has 0 atom stereocenters. The van der Waals surface area contributed by atoms with Crippen LogP contribution in [0, 0.1) is 0 Å². The number of furan rings is 1. The highest BCUT2D eigenvalue weighted by Crippen LogP contribution is 2.27. The Hall–Kier alpha value is -1.63. The first-order chi connectivity index (χ1) is 10.1. The number of thiazole rings is 1. The number of carbonyl (C=O) groups is 1. The predicted molar refractivity (Wildman–Crippen MR) is 86.9 cm³/mol. The van der Waals surface area contributed by atoms with Gasteiger partial charge in [0.15, 0.2) is 16.1 Å². The van der Waals surface area contributed by atoms with Crippen molar-refractivity contribution in [3.8, 4) is 11.3 Å². The van der Waals surface area contributed by atoms with Gasteiger partial charge in [-0.1, -0.05) is 28.1 Å². The van der Waals surface area contributed by atoms with Gasteiger partial charge < -0.3 is 4.42 Å². The summed E-state index contributed by atoms with van der Waals surface area (Å²) in [6.45, 7) is 0. The van der Waals surface area contributed by atoms with Crippen LogP contribution in [0.2, 0.25) is 5.22 Å². The number of hydrogen-bond donors (Lipinski definition) is 1. The molecule has 4 nitrogen and oxygen atoms in total. The van der Waals surface area contributed by atoms with Crippen LogP contribution >= 0.6 is 38.9 Å². The summed E-state index contributed by atoms with van der Waals surface area (Å²) in [5.74, 6) is -0.226. The lowest BCUT2D eigenvalue weighted by Gasteiger charge is -1.98. The second-order valence-electron chi connectivity index (χ2n) is 4.11. The van der Waals surface area contributed by atoms with Crippen molar-refractivity contribution < 1.29 is 9.21 Å². The summed E-state index contributed by atoms with van der Waals surface area (Å²) >= 11 is 10.4. The minimum Gasteiger partial charge on any atom is -0.440 e. The van der Waals surface area contributed by atoms with Crippen LogP contribution in [0.25, 0.3) is 11.3 Å². The van der Waals surface area contributed by atoms with E-state index in [4.69, 9.17) is 16.0 Å². The van der Waals surface area contributed by atoms with Crippen LogP contribution in [0.4, 0.5) is 5.13 Å². The smallest absolute Gasteiger partial charge is 0.293 e. The van der Waals surface area contributed by atoms with E-state index in [1.807, 2.05) is 29.6 Å². The van der Waals surface area contributed by atoms with E-state index in [0.29, 0.717) is 5.13 Å². The van der Waals surface area contributed by atoms with Gasteiger partial charge in [0.2, 0.25) is 0 Å². The Morgan fingerprint density at radius 1 is 1.33 bits per heavy atom. The lowest BCUT2D eigenvalue weighted by molar-refractivity contribution is 0.0997. The number of nitrogens with zero attached hydrogens (tertiary/aromatic N) is 1. The van der Waals surface area contributed by atoms with Crippen molar-refractivity contribution in [2.24, 2.45) is 0 Å². The summed E-state index contributed by atoms with van der Waals surface area (Å²) in [6.07, 6.45) is 0. The van der Waals surface area contributed by atoms with Crippen molar-refractivity contribution in [2.75, 3.05) is 5.32 Å². The molecule has 2 heterocycles. The predicted octanol–water partition coefficient (Wildman–Crippen LogP) is 5.07. The Balaban J connectivity index is 1.78. The molecule has 0 saturated carbocycles. The van der Waals surface area contributed by atoms with Crippen LogP contribution < -0.4 is 5.32 Å². The minimum absolute atomic E-state index is 0.152. The molecule has 0 unspecified atom stereocenters. The number of nitrogens with one attached hydrogen (secondary N) is 1. The SMILES string of the molecule is O=C(Nc1nc(-c2cccc(Br)c2)cs1)c1ccc(Cl)o1. The van der Waals surface area contributed by atoms with Gasteiger partial charge in [-0.3, -0.25) is 10.1 Å². The fourth-order valence-corrected chi connectivity index (χ4v) is 2.97. The molecule has 0 spiro atoms. The highest BCUT2D eigenvalue weighted by molar-refractivity contribution is 9.10. The molecule has 0 aliphatic rings. The zero-order valence-electron chi connectivity index (χ0n) is 10.5. The van der Waals surface area contributed by atoms with Crippen LogP contribution in [0.5, 0.6) is 0 Å². The van der Waals surface area contributed by atoms with Crippen molar-refractivity contribution >= 4 is 49.9 Å². The summed E-state index contributed by atoms with van der Waals surface area (Å²) in [7, 11) is 0. The van der Waals surface area contributed by atoms with Crippen LogP contribution in [0.15, 0.2) is 50.7 Å². The third-order valence-electron chi connectivity index (χ3n) is 2.64. The summed E-state index contributed by atoms with van der Waals surface area (Å²) in [5, 5.41) is 5.24. The molecule has 0 fully saturated rings. The highest BCUT2D eigenvalue weighted by Gasteiger charge is 2.13. The fraction of sp³-hybridized carbons (Fsp3) is 0. The second kappa shape index (κ2) is 6.01. The monoisotopic (exact) mass is 382 g/mol. The molecule has 21 heavy (non-hydrogen) atoms. The van der Waals surface area contributed by atoms with E-state index in [1.165, 1.54) is 23.5 Å². The lowest BCUT2D eigenvalue weighted by Crippen LogP contribution is -2.10. The highest BCUT2D eigenvalue weighted by atomic mass is 79.9. The summed E-state index contributed by atoms with van der Waals surface area (Å²) in [4.78, 5) is 16.3. The molecule has 0 saturated heterocycles. The topological polar surface area (TPSA) is 55.1 Å². The van der Waals surface area contributed by atoms with Gasteiger partial charge in [-0.25, -0.2) is 4.98 Å². The Morgan fingerprint density at radius 2 is 2.19 bits per heavy atom. The molecule has 0 aliphatic carbocycles. The Morgan fingerprint density at radius 3 is 2.90 bits per heavy atom. The van der Waals surface area contributed by atoms with Crippen molar-refractivity contribution in [3.63, 3.8) is 0 Å². The lowest BCUT2D eigenvalue weighted by atomic mass is 10.2. The first-order valence-corrected chi connectivity index (χ1v) is 7.95. The van der Waals surface area contributed by atoms with E-state index >= 15 is 0 Å². The first-order valence-electron chi connectivity index (χ1n) is 5.90. The molecule has 106 valence electrons. The molecular weight excluding hydrogens is 376 g/mol. The van der Waals surface area contributed by atoms with E-state index in [2.05, 4.69) is 26.2 Å². The van der Waals surface area contributed by atoms with Gasteiger partial charge in [-0.2, -0.15) is 0 Å². The van der Waals surface area contributed by atoms with E-state index in [9.17, 15) is 4.79 Å². The Labute approximate surface area is 137 Å². The summed E-state index contributed by atoms with van der Waals surface area (Å²) in [6, 6.07) is 10.8. The van der Waals surface area contributed by atoms with Crippen LogP contribution in [-0.2, 0) is 0 Å². The second-order valence-corrected chi connectivity index (χ2v) is 6.25. The van der Waals surface area contributed by atoms with E-state index in [-0.39, 0.29) is 16.9 Å². The molecule has 0 radical (unpaired) electrons. The molecule has 1 amide bonds. The number of benzene rings is 1. The standard InChI is InChI=1S/C14H8BrClN2O2S/c15-9-3-1-2-8(6-9)10-7-21-14(17-10)18-13(19)11-4-5-12(16)20-11/h1-7H,(H,17,18,19). The van der Waals surface area contributed by atoms with Crippen molar-refractivity contribution in [1.29, 1.82) is 0 Å². The number of halogens is 2. The molecule has 2 aromatic heterocycles. The molecule has 7 heteroatoms. The Kier molecular flexibility index (Phi) is 4.10. The third-order valence-corrected chi connectivity index (χ3v) is 4.10. The normalized spacial score (nSPS) is 10.6. The number of carbonyl (C=O) groups excluding carboxylic acids is 1. The van der Waals surface area contributed by atoms with Crippen molar-refractivity contribution in [1.82, 2.24) is 4.98 Å². The summed E-state index contributed by atoms with van der Waals surface area (Å²) < 4.78 is 6.02. The molecule has 0 aliphatic heterocycles. The molecule has 1 aromatic carbocycles. The van der Waals surface area contributed by atoms with Gasteiger partial charge in [0.05, 0.1) is 5.69 Å². The molecular formula is C14H8BrClN2O2S. The van der Waals surface area contributed by atoms with E-state index in [1.54, 1.807) is 0 Å². The van der Waals surface area contributed by atoms with Crippen LogP contribution in [0.3, 0.4) is 0 Å². The quantitative estimate of drug-likeness (QED) is 0.687. The Bertz CT molecular complexity index is 800. The van der Waals surface area contributed by atoms with Gasteiger partial charge >= 0.3 is 0 Å². The largest absolute Gasteiger partial charge is 0.440 e. The number of hydrogen-bond acceptors (Lipinski definition) is 4. The summed E-state index contributed by atoms with van der Waals surface area (Å²) in [5.41, 5.74) is 1.77. The molecule has 3 aromatic rings. The molecule has 1 N–H and O–H groups in total. The molecule has 3 rings (SSSR count). The van der Waals surface area contributed by atoms with Gasteiger partial charge in [-0.15, -0.1) is 11.3 Å². The number of amides is 1. The zero-order chi connectivity index (χ0) is 14.8. The maximum atomic E-state index is 11.9. The van der Waals surface area contributed by atoms with Gasteiger partial charge in [0, 0.05) is 15.4 Å². The first kappa shape index (κ1) is 14.3. The fourth-order valence-electron chi connectivity index (χ4n) is 1.71. The van der Waals surface area contributed by atoms with E-state index < -0.39 is 0 Å². The van der Waals surface area contributed by atoms with Crippen LogP contribution in [0.1, 0.15) is 10.6 Å². The number of rotatable bonds is 3. The average molecular weight is 384 g/mol. The maximum Gasteiger partial charge on any atom is 0.293 e. The molecule has 0 bridgehead atoms. The van der Waals surface area contributed by atoms with Crippen LogP contribution in [-0.4, -0.2) is 10.9 Å². The van der Waals surface area contributed by atoms with E-state index in [0.717, 1.165) is 15.7 Å². The zero-order valence-corrected chi connectivity index (χ0v) is 13.6. The number of aromatic nitrogens is 1. The van der Waals surface area contributed by atoms with Gasteiger partial charge in [-0.05, 0) is 35.9 Å². The van der Waals surface area contributed by atoms with Gasteiger partial charge in [0.25, 0.3) is 5.91 Å². The minimum atomic E-state index is -0.378.